The first-order chi connectivity index (χ1) is 3.80. The topological polar surface area (TPSA) is 21.6 Å². The molecule has 0 saturated carbocycles. The van der Waals surface area contributed by atoms with Crippen molar-refractivity contribution in [1.82, 2.24) is 0 Å². The second-order valence-corrected chi connectivity index (χ2v) is 2.40. The van der Waals surface area contributed by atoms with Gasteiger partial charge >= 0.3 is 0 Å². The molecule has 0 saturated heterocycles. The van der Waals surface area contributed by atoms with Crippen molar-refractivity contribution in [1.29, 1.82) is 0 Å². The van der Waals surface area contributed by atoms with Crippen LogP contribution in [-0.2, 0) is 4.74 Å². The summed E-state index contributed by atoms with van der Waals surface area (Å²) in [4.78, 5) is 4.09. The molecular weight excluding hydrogens is 102 g/mol. The monoisotopic (exact) mass is 113 g/mol. The molecule has 1 unspecified atom stereocenters. The molecule has 1 aliphatic rings. The second-order valence-electron chi connectivity index (χ2n) is 2.40. The fraction of sp³-hybridized carbons (Fsp3) is 0.833. The van der Waals surface area contributed by atoms with Crippen molar-refractivity contribution in [3.63, 3.8) is 0 Å². The SMILES string of the molecule is CC(C)C1COC=N1. The molecule has 0 aromatic carbocycles. The van der Waals surface area contributed by atoms with Crippen LogP contribution in [0.15, 0.2) is 4.99 Å². The molecule has 2 nitrogen and oxygen atoms in total. The Morgan fingerprint density at radius 1 is 1.75 bits per heavy atom. The van der Waals surface area contributed by atoms with Gasteiger partial charge in [-0.25, -0.2) is 0 Å². The summed E-state index contributed by atoms with van der Waals surface area (Å²) < 4.78 is 4.93. The van der Waals surface area contributed by atoms with Gasteiger partial charge in [0.1, 0.15) is 6.61 Å². The van der Waals surface area contributed by atoms with E-state index >= 15 is 0 Å². The highest BCUT2D eigenvalue weighted by Gasteiger charge is 2.14. The minimum Gasteiger partial charge on any atom is -0.481 e. The highest BCUT2D eigenvalue weighted by molar-refractivity contribution is 5.48. The molecule has 0 spiro atoms. The molecular formula is C6H11NO. The summed E-state index contributed by atoms with van der Waals surface area (Å²) in [5, 5.41) is 0. The van der Waals surface area contributed by atoms with E-state index in [2.05, 4.69) is 18.8 Å². The van der Waals surface area contributed by atoms with Gasteiger partial charge in [-0.05, 0) is 5.92 Å². The predicted octanol–water partition coefficient (Wildman–Crippen LogP) is 1.07. The number of hydrogen-bond donors (Lipinski definition) is 0. The lowest BCUT2D eigenvalue weighted by atomic mass is 10.1. The number of ether oxygens (including phenoxy) is 1. The number of rotatable bonds is 1. The normalized spacial score (nSPS) is 26.6. The summed E-state index contributed by atoms with van der Waals surface area (Å²) in [6.45, 7) is 5.07. The molecule has 2 heteroatoms. The third kappa shape index (κ3) is 0.997. The van der Waals surface area contributed by atoms with Crippen molar-refractivity contribution in [2.45, 2.75) is 19.9 Å². The molecule has 1 rings (SSSR count). The Balaban J connectivity index is 2.36. The molecule has 0 fully saturated rings. The Morgan fingerprint density at radius 3 is 2.75 bits per heavy atom. The zero-order valence-electron chi connectivity index (χ0n) is 5.29. The lowest BCUT2D eigenvalue weighted by Gasteiger charge is -2.06. The van der Waals surface area contributed by atoms with Gasteiger partial charge in [0.25, 0.3) is 0 Å². The van der Waals surface area contributed by atoms with Gasteiger partial charge < -0.3 is 4.74 Å². The van der Waals surface area contributed by atoms with Crippen LogP contribution in [0.25, 0.3) is 0 Å². The van der Waals surface area contributed by atoms with Crippen LogP contribution < -0.4 is 0 Å². The van der Waals surface area contributed by atoms with Crippen molar-refractivity contribution < 1.29 is 4.74 Å². The number of hydrogen-bond acceptors (Lipinski definition) is 2. The van der Waals surface area contributed by atoms with Crippen LogP contribution in [0, 0.1) is 5.92 Å². The maximum Gasteiger partial charge on any atom is 0.169 e. The Bertz CT molecular complexity index is 98.7. The third-order valence-corrected chi connectivity index (χ3v) is 1.36. The van der Waals surface area contributed by atoms with Crippen LogP contribution in [0.2, 0.25) is 0 Å². The lowest BCUT2D eigenvalue weighted by Crippen LogP contribution is -2.13. The van der Waals surface area contributed by atoms with Crippen molar-refractivity contribution in [3.8, 4) is 0 Å². The molecule has 0 N–H and O–H groups in total. The van der Waals surface area contributed by atoms with Crippen LogP contribution in [-0.4, -0.2) is 19.0 Å². The van der Waals surface area contributed by atoms with Crippen LogP contribution in [0.5, 0.6) is 0 Å². The molecule has 1 heterocycles. The summed E-state index contributed by atoms with van der Waals surface area (Å²) in [7, 11) is 0. The van der Waals surface area contributed by atoms with Crippen LogP contribution in [0.3, 0.4) is 0 Å². The third-order valence-electron chi connectivity index (χ3n) is 1.36. The van der Waals surface area contributed by atoms with Gasteiger partial charge in [-0.3, -0.25) is 4.99 Å². The summed E-state index contributed by atoms with van der Waals surface area (Å²) >= 11 is 0. The van der Waals surface area contributed by atoms with E-state index in [1.807, 2.05) is 0 Å². The van der Waals surface area contributed by atoms with Gasteiger partial charge in [0.2, 0.25) is 0 Å². The highest BCUT2D eigenvalue weighted by atomic mass is 16.5. The Morgan fingerprint density at radius 2 is 2.50 bits per heavy atom. The molecule has 0 amide bonds. The zero-order valence-corrected chi connectivity index (χ0v) is 5.29. The number of nitrogens with zero attached hydrogens (tertiary/aromatic N) is 1. The molecule has 0 aliphatic carbocycles. The average molecular weight is 113 g/mol. The Labute approximate surface area is 49.6 Å². The van der Waals surface area contributed by atoms with E-state index < -0.39 is 0 Å². The van der Waals surface area contributed by atoms with Gasteiger partial charge in [-0.1, -0.05) is 13.8 Å². The Hall–Kier alpha value is -0.530. The van der Waals surface area contributed by atoms with E-state index in [9.17, 15) is 0 Å². The van der Waals surface area contributed by atoms with E-state index in [1.54, 1.807) is 6.40 Å². The summed E-state index contributed by atoms with van der Waals surface area (Å²) in [6.07, 6.45) is 1.55. The van der Waals surface area contributed by atoms with Gasteiger partial charge in [0.05, 0.1) is 6.04 Å². The quantitative estimate of drug-likeness (QED) is 0.498. The first-order valence-electron chi connectivity index (χ1n) is 2.94. The molecule has 0 bridgehead atoms. The second kappa shape index (κ2) is 2.16. The maximum atomic E-state index is 4.93. The largest absolute Gasteiger partial charge is 0.481 e. The first-order valence-corrected chi connectivity index (χ1v) is 2.94. The van der Waals surface area contributed by atoms with Crippen molar-refractivity contribution >= 4 is 6.40 Å². The fourth-order valence-electron chi connectivity index (χ4n) is 0.670. The Kier molecular flexibility index (Phi) is 1.51. The van der Waals surface area contributed by atoms with Crippen LogP contribution in [0.1, 0.15) is 13.8 Å². The van der Waals surface area contributed by atoms with Crippen LogP contribution in [0.4, 0.5) is 0 Å². The lowest BCUT2D eigenvalue weighted by molar-refractivity contribution is 0.299. The molecule has 0 aromatic rings. The van der Waals surface area contributed by atoms with E-state index in [0.717, 1.165) is 6.61 Å². The standard InChI is InChI=1S/C6H11NO/c1-5(2)6-3-8-4-7-6/h4-6H,3H2,1-2H3. The highest BCUT2D eigenvalue weighted by Crippen LogP contribution is 2.09. The minimum atomic E-state index is 0.412. The summed E-state index contributed by atoms with van der Waals surface area (Å²) in [5.74, 6) is 0.619. The average Bonchev–Trinajstić information content (AvgIpc) is 2.12. The molecule has 46 valence electrons. The molecule has 1 aliphatic heterocycles. The summed E-state index contributed by atoms with van der Waals surface area (Å²) in [6, 6.07) is 0.412. The van der Waals surface area contributed by atoms with E-state index in [0.29, 0.717) is 12.0 Å². The van der Waals surface area contributed by atoms with E-state index in [4.69, 9.17) is 4.74 Å². The zero-order chi connectivity index (χ0) is 5.98. The van der Waals surface area contributed by atoms with Crippen molar-refractivity contribution in [3.05, 3.63) is 0 Å². The smallest absolute Gasteiger partial charge is 0.169 e. The maximum absolute atomic E-state index is 4.93. The fourth-order valence-corrected chi connectivity index (χ4v) is 0.670. The van der Waals surface area contributed by atoms with Gasteiger partial charge in [-0.2, -0.15) is 0 Å². The van der Waals surface area contributed by atoms with Gasteiger partial charge in [-0.15, -0.1) is 0 Å². The number of aliphatic imine (C=N–C) groups is 1. The first kappa shape index (κ1) is 5.60. The summed E-state index contributed by atoms with van der Waals surface area (Å²) in [5.41, 5.74) is 0. The molecule has 0 radical (unpaired) electrons. The van der Waals surface area contributed by atoms with Crippen molar-refractivity contribution in [2.75, 3.05) is 6.61 Å². The minimum absolute atomic E-state index is 0.412. The van der Waals surface area contributed by atoms with E-state index in [-0.39, 0.29) is 0 Å². The van der Waals surface area contributed by atoms with Gasteiger partial charge in [0.15, 0.2) is 6.40 Å². The predicted molar refractivity (Wildman–Crippen MR) is 33.1 cm³/mol. The molecule has 0 aromatic heterocycles. The van der Waals surface area contributed by atoms with Gasteiger partial charge in [0, 0.05) is 0 Å². The van der Waals surface area contributed by atoms with Crippen molar-refractivity contribution in [2.24, 2.45) is 10.9 Å². The molecule has 1 atom stereocenters. The van der Waals surface area contributed by atoms with Crippen LogP contribution >= 0.6 is 0 Å². The molecule has 8 heavy (non-hydrogen) atoms. The van der Waals surface area contributed by atoms with E-state index in [1.165, 1.54) is 0 Å².